The molecule has 0 aliphatic carbocycles. The molecule has 8 nitrogen and oxygen atoms in total. The van der Waals surface area contributed by atoms with E-state index < -0.39 is 17.3 Å². The molecule has 0 N–H and O–H groups in total. The van der Waals surface area contributed by atoms with Crippen LogP contribution in [-0.4, -0.2) is 28.9 Å². The molecular formula is C26H25N5O3. The molecule has 0 saturated heterocycles. The largest absolute Gasteiger partial charge is 0.333 e. The topological polar surface area (TPSA) is 83.3 Å². The zero-order valence-electron chi connectivity index (χ0n) is 19.5. The van der Waals surface area contributed by atoms with Crippen LogP contribution in [-0.2, 0) is 18.3 Å². The fourth-order valence-electron chi connectivity index (χ4n) is 4.33. The molecule has 172 valence electrons. The molecule has 0 spiro atoms. The molecule has 3 heterocycles. The Hall–Kier alpha value is -4.20. The summed E-state index contributed by atoms with van der Waals surface area (Å²) >= 11 is 0. The third-order valence-corrected chi connectivity index (χ3v) is 6.45. The third-order valence-electron chi connectivity index (χ3n) is 6.45. The number of aryl methyl sites for hydroxylation is 2. The van der Waals surface area contributed by atoms with Crippen LogP contribution in [0.1, 0.15) is 32.4 Å². The molecule has 0 fully saturated rings. The number of imidazole rings is 2. The number of Topliss-reactive ketones (excluding diaryl/α,β-unsaturated/α-hetero) is 1. The average Bonchev–Trinajstić information content (AvgIpc) is 3.40. The van der Waals surface area contributed by atoms with Gasteiger partial charge in [0.1, 0.15) is 0 Å². The van der Waals surface area contributed by atoms with Gasteiger partial charge in [0.25, 0.3) is 5.56 Å². The second-order valence-electron chi connectivity index (χ2n) is 8.49. The summed E-state index contributed by atoms with van der Waals surface area (Å²) in [5.74, 6) is 0.247. The number of aromatic nitrogens is 5. The SMILES string of the molecule is CCc1ccc(-n2c(-c3ccccc3)cn3c4c(=O)n([C@@H](C)C(C)=O)c(=O)n(C)c4nc23)cc1. The van der Waals surface area contributed by atoms with E-state index in [1.165, 1.54) is 17.1 Å². The summed E-state index contributed by atoms with van der Waals surface area (Å²) in [5, 5.41) is 0. The first kappa shape index (κ1) is 21.6. The zero-order valence-corrected chi connectivity index (χ0v) is 19.5. The van der Waals surface area contributed by atoms with Crippen LogP contribution in [0.4, 0.5) is 0 Å². The van der Waals surface area contributed by atoms with Crippen molar-refractivity contribution >= 4 is 22.7 Å². The smallest absolute Gasteiger partial charge is 0.298 e. The first-order valence-electron chi connectivity index (χ1n) is 11.2. The van der Waals surface area contributed by atoms with Gasteiger partial charge in [0.05, 0.1) is 11.7 Å². The number of ketones is 1. The molecule has 34 heavy (non-hydrogen) atoms. The fraction of sp³-hybridized carbons (Fsp3) is 0.231. The van der Waals surface area contributed by atoms with Gasteiger partial charge in [-0.1, -0.05) is 49.4 Å². The van der Waals surface area contributed by atoms with Crippen LogP contribution in [0.15, 0.2) is 70.4 Å². The van der Waals surface area contributed by atoms with Gasteiger partial charge in [-0.25, -0.2) is 9.36 Å². The normalized spacial score (nSPS) is 12.5. The maximum atomic E-state index is 13.5. The van der Waals surface area contributed by atoms with Crippen molar-refractivity contribution in [2.45, 2.75) is 33.2 Å². The van der Waals surface area contributed by atoms with Gasteiger partial charge in [-0.15, -0.1) is 0 Å². The zero-order chi connectivity index (χ0) is 24.1. The van der Waals surface area contributed by atoms with Crippen LogP contribution in [0.5, 0.6) is 0 Å². The Balaban J connectivity index is 1.92. The van der Waals surface area contributed by atoms with Crippen molar-refractivity contribution in [1.82, 2.24) is 23.1 Å². The molecule has 5 aromatic rings. The minimum atomic E-state index is -0.876. The molecule has 2 aromatic carbocycles. The van der Waals surface area contributed by atoms with Gasteiger partial charge in [0, 0.05) is 24.5 Å². The average molecular weight is 456 g/mol. The second kappa shape index (κ2) is 7.98. The third kappa shape index (κ3) is 3.14. The highest BCUT2D eigenvalue weighted by Gasteiger charge is 2.25. The van der Waals surface area contributed by atoms with Gasteiger partial charge < -0.3 is 0 Å². The van der Waals surface area contributed by atoms with Crippen molar-refractivity contribution in [3.05, 3.63) is 87.2 Å². The van der Waals surface area contributed by atoms with E-state index in [1.54, 1.807) is 18.4 Å². The fourth-order valence-corrected chi connectivity index (χ4v) is 4.33. The lowest BCUT2D eigenvalue weighted by Crippen LogP contribution is -2.42. The summed E-state index contributed by atoms with van der Waals surface area (Å²) in [5.41, 5.74) is 3.35. The summed E-state index contributed by atoms with van der Waals surface area (Å²) in [4.78, 5) is 43.3. The van der Waals surface area contributed by atoms with Crippen molar-refractivity contribution in [1.29, 1.82) is 0 Å². The first-order chi connectivity index (χ1) is 16.3. The quantitative estimate of drug-likeness (QED) is 0.406. The highest BCUT2D eigenvalue weighted by atomic mass is 16.2. The van der Waals surface area contributed by atoms with E-state index in [0.29, 0.717) is 5.78 Å². The van der Waals surface area contributed by atoms with E-state index >= 15 is 0 Å². The Morgan fingerprint density at radius 3 is 2.32 bits per heavy atom. The number of hydrogen-bond donors (Lipinski definition) is 0. The molecular weight excluding hydrogens is 430 g/mol. The van der Waals surface area contributed by atoms with Gasteiger partial charge in [0.15, 0.2) is 16.9 Å². The molecule has 0 saturated carbocycles. The lowest BCUT2D eigenvalue weighted by molar-refractivity contribution is -0.119. The molecule has 5 rings (SSSR count). The lowest BCUT2D eigenvalue weighted by Gasteiger charge is -2.12. The summed E-state index contributed by atoms with van der Waals surface area (Å²) in [6.45, 7) is 5.04. The molecule has 0 bridgehead atoms. The van der Waals surface area contributed by atoms with Gasteiger partial charge in [-0.3, -0.25) is 23.1 Å². The van der Waals surface area contributed by atoms with Crippen LogP contribution in [0.25, 0.3) is 33.9 Å². The van der Waals surface area contributed by atoms with Gasteiger partial charge >= 0.3 is 5.69 Å². The van der Waals surface area contributed by atoms with Crippen LogP contribution < -0.4 is 11.2 Å². The van der Waals surface area contributed by atoms with Crippen LogP contribution in [0, 0.1) is 0 Å². The standard InChI is InChI=1S/C26H25N5O3/c1-5-18-11-13-20(14-12-18)31-21(19-9-7-6-8-10-19)15-29-22-23(27-25(29)31)28(4)26(34)30(24(22)33)16(2)17(3)32/h6-16H,5H2,1-4H3/t16-/m0/s1. The number of carbonyl (C=O) groups is 1. The molecule has 0 amide bonds. The predicted molar refractivity (Wildman–Crippen MR) is 132 cm³/mol. The predicted octanol–water partition coefficient (Wildman–Crippen LogP) is 3.52. The highest BCUT2D eigenvalue weighted by Crippen LogP contribution is 2.29. The first-order valence-corrected chi connectivity index (χ1v) is 11.2. The Bertz CT molecular complexity index is 1670. The second-order valence-corrected chi connectivity index (χ2v) is 8.49. The number of hydrogen-bond acceptors (Lipinski definition) is 4. The summed E-state index contributed by atoms with van der Waals surface area (Å²) in [6.07, 6.45) is 2.79. The number of fused-ring (bicyclic) bond motifs is 3. The van der Waals surface area contributed by atoms with Crippen molar-refractivity contribution in [3.63, 3.8) is 0 Å². The number of carbonyl (C=O) groups excluding carboxylic acids is 1. The van der Waals surface area contributed by atoms with E-state index in [4.69, 9.17) is 4.98 Å². The number of rotatable bonds is 5. The molecule has 1 atom stereocenters. The highest BCUT2D eigenvalue weighted by molar-refractivity contribution is 5.82. The van der Waals surface area contributed by atoms with Crippen LogP contribution in [0.3, 0.4) is 0 Å². The minimum Gasteiger partial charge on any atom is -0.298 e. The van der Waals surface area contributed by atoms with Gasteiger partial charge in [0.2, 0.25) is 5.78 Å². The number of nitrogens with zero attached hydrogens (tertiary/aromatic N) is 5. The van der Waals surface area contributed by atoms with Crippen molar-refractivity contribution in [2.75, 3.05) is 0 Å². The molecule has 0 aliphatic heterocycles. The molecule has 0 radical (unpaired) electrons. The molecule has 8 heteroatoms. The monoisotopic (exact) mass is 455 g/mol. The van der Waals surface area contributed by atoms with E-state index in [-0.39, 0.29) is 16.9 Å². The Morgan fingerprint density at radius 1 is 1.03 bits per heavy atom. The van der Waals surface area contributed by atoms with Crippen molar-refractivity contribution in [3.8, 4) is 16.9 Å². The van der Waals surface area contributed by atoms with Gasteiger partial charge in [-0.2, -0.15) is 4.98 Å². The molecule has 0 unspecified atom stereocenters. The molecule has 3 aromatic heterocycles. The van der Waals surface area contributed by atoms with E-state index in [1.807, 2.05) is 53.2 Å². The Morgan fingerprint density at radius 2 is 1.71 bits per heavy atom. The summed E-state index contributed by atoms with van der Waals surface area (Å²) in [6, 6.07) is 17.2. The molecule has 0 aliphatic rings. The van der Waals surface area contributed by atoms with Crippen molar-refractivity contribution < 1.29 is 4.79 Å². The van der Waals surface area contributed by atoms with Crippen LogP contribution >= 0.6 is 0 Å². The Labute approximate surface area is 195 Å². The number of benzene rings is 2. The maximum Gasteiger partial charge on any atom is 0.333 e. The van der Waals surface area contributed by atoms with Gasteiger partial charge in [-0.05, 0) is 38.0 Å². The lowest BCUT2D eigenvalue weighted by atomic mass is 10.1. The maximum absolute atomic E-state index is 13.5. The van der Waals surface area contributed by atoms with E-state index in [2.05, 4.69) is 19.1 Å². The summed E-state index contributed by atoms with van der Waals surface area (Å²) < 4.78 is 6.04. The van der Waals surface area contributed by atoms with Crippen LogP contribution in [0.2, 0.25) is 0 Å². The summed E-state index contributed by atoms with van der Waals surface area (Å²) in [7, 11) is 1.57. The van der Waals surface area contributed by atoms with Crippen molar-refractivity contribution in [2.24, 2.45) is 7.05 Å². The Kier molecular flexibility index (Phi) is 5.08. The van der Waals surface area contributed by atoms with E-state index in [9.17, 15) is 14.4 Å². The van der Waals surface area contributed by atoms with E-state index in [0.717, 1.165) is 27.9 Å². The minimum absolute atomic E-state index is 0.256.